The van der Waals surface area contributed by atoms with Gasteiger partial charge in [-0.25, -0.2) is 4.98 Å². The minimum absolute atomic E-state index is 0.130. The Hall–Kier alpha value is -2.40. The molecule has 5 rings (SSSR count). The van der Waals surface area contributed by atoms with Gasteiger partial charge in [0.15, 0.2) is 0 Å². The Bertz CT molecular complexity index is 965. The maximum Gasteiger partial charge on any atom is 0.224 e. The van der Waals surface area contributed by atoms with Crippen molar-refractivity contribution < 1.29 is 9.53 Å². The van der Waals surface area contributed by atoms with E-state index in [4.69, 9.17) is 9.72 Å². The second-order valence-electron chi connectivity index (χ2n) is 9.57. The lowest BCUT2D eigenvalue weighted by atomic mass is 9.78. The van der Waals surface area contributed by atoms with E-state index in [1.54, 1.807) is 6.92 Å². The highest BCUT2D eigenvalue weighted by atomic mass is 16.5. The molecule has 1 unspecified atom stereocenters. The second kappa shape index (κ2) is 8.27. The maximum atomic E-state index is 12.8. The lowest BCUT2D eigenvalue weighted by Crippen LogP contribution is -2.51. The third kappa shape index (κ3) is 3.96. The van der Waals surface area contributed by atoms with Gasteiger partial charge in [0, 0.05) is 43.5 Å². The second-order valence-corrected chi connectivity index (χ2v) is 9.57. The average molecular weight is 420 g/mol. The molecule has 5 nitrogen and oxygen atoms in total. The van der Waals surface area contributed by atoms with Crippen LogP contribution in [-0.4, -0.2) is 30.1 Å². The van der Waals surface area contributed by atoms with Crippen LogP contribution in [0.3, 0.4) is 0 Å². The number of anilines is 2. The van der Waals surface area contributed by atoms with Gasteiger partial charge in [-0.05, 0) is 73.8 Å². The number of hydrogen-bond acceptors (Lipinski definition) is 4. The number of nitrogens with one attached hydrogen (secondary N) is 1. The van der Waals surface area contributed by atoms with Crippen LogP contribution in [0.4, 0.5) is 11.5 Å². The molecule has 3 atom stereocenters. The molecular formula is C26H33N3O2. The summed E-state index contributed by atoms with van der Waals surface area (Å²) in [6, 6.07) is 13.3. The molecule has 2 aliphatic heterocycles. The number of carbonyl (C=O) groups excluding carboxylic acids is 1. The molecule has 1 aliphatic carbocycles. The SMILES string of the molecule is CC(=O)N1c2ccc(C3CCOCC3)cc2C(Nc2cccc(C)n2)[C@@H](C)[C@@H]1C1CC1. The lowest BCUT2D eigenvalue weighted by Gasteiger charge is -2.46. The van der Waals surface area contributed by atoms with Crippen LogP contribution in [0.2, 0.25) is 0 Å². The number of fused-ring (bicyclic) bond motifs is 1. The summed E-state index contributed by atoms with van der Waals surface area (Å²) in [6.45, 7) is 7.70. The Morgan fingerprint density at radius 2 is 1.90 bits per heavy atom. The molecule has 5 heteroatoms. The van der Waals surface area contributed by atoms with Crippen molar-refractivity contribution in [1.82, 2.24) is 4.98 Å². The molecule has 164 valence electrons. The summed E-state index contributed by atoms with van der Waals surface area (Å²) in [5.41, 5.74) is 4.68. The fourth-order valence-corrected chi connectivity index (χ4v) is 5.65. The average Bonchev–Trinajstić information content (AvgIpc) is 3.60. The zero-order valence-electron chi connectivity index (χ0n) is 18.8. The van der Waals surface area contributed by atoms with Crippen molar-refractivity contribution in [3.05, 3.63) is 53.2 Å². The Labute approximate surface area is 185 Å². The van der Waals surface area contributed by atoms with Crippen molar-refractivity contribution in [2.24, 2.45) is 11.8 Å². The largest absolute Gasteiger partial charge is 0.381 e. The van der Waals surface area contributed by atoms with E-state index in [0.717, 1.165) is 43.3 Å². The Morgan fingerprint density at radius 3 is 2.58 bits per heavy atom. The van der Waals surface area contributed by atoms with Gasteiger partial charge >= 0.3 is 0 Å². The zero-order valence-corrected chi connectivity index (χ0v) is 18.8. The van der Waals surface area contributed by atoms with Crippen LogP contribution in [0.5, 0.6) is 0 Å². The van der Waals surface area contributed by atoms with E-state index in [1.807, 2.05) is 19.1 Å². The minimum Gasteiger partial charge on any atom is -0.381 e. The summed E-state index contributed by atoms with van der Waals surface area (Å²) in [6.07, 6.45) is 4.55. The number of nitrogens with zero attached hydrogens (tertiary/aromatic N) is 2. The normalized spacial score (nSPS) is 26.4. The van der Waals surface area contributed by atoms with E-state index in [-0.39, 0.29) is 18.0 Å². The van der Waals surface area contributed by atoms with E-state index < -0.39 is 0 Å². The van der Waals surface area contributed by atoms with E-state index in [9.17, 15) is 4.79 Å². The number of aromatic nitrogens is 1. The van der Waals surface area contributed by atoms with Crippen LogP contribution >= 0.6 is 0 Å². The van der Waals surface area contributed by atoms with Gasteiger partial charge in [0.25, 0.3) is 0 Å². The molecule has 1 saturated heterocycles. The number of benzene rings is 1. The van der Waals surface area contributed by atoms with Crippen molar-refractivity contribution in [1.29, 1.82) is 0 Å². The molecule has 1 N–H and O–H groups in total. The van der Waals surface area contributed by atoms with Crippen LogP contribution in [0.15, 0.2) is 36.4 Å². The van der Waals surface area contributed by atoms with Crippen LogP contribution < -0.4 is 10.2 Å². The molecule has 0 spiro atoms. The fraction of sp³-hybridized carbons (Fsp3) is 0.538. The quantitative estimate of drug-likeness (QED) is 0.738. The van der Waals surface area contributed by atoms with Gasteiger partial charge in [-0.1, -0.05) is 25.1 Å². The number of carbonyl (C=O) groups is 1. The molecular weight excluding hydrogens is 386 g/mol. The number of amides is 1. The molecule has 3 heterocycles. The topological polar surface area (TPSA) is 54.5 Å². The van der Waals surface area contributed by atoms with Gasteiger partial charge < -0.3 is 15.0 Å². The number of rotatable bonds is 4. The first kappa shape index (κ1) is 20.5. The number of ether oxygens (including phenoxy) is 1. The summed E-state index contributed by atoms with van der Waals surface area (Å²) < 4.78 is 5.58. The summed E-state index contributed by atoms with van der Waals surface area (Å²) in [4.78, 5) is 19.6. The highest BCUT2D eigenvalue weighted by molar-refractivity contribution is 5.94. The third-order valence-electron chi connectivity index (χ3n) is 7.34. The molecule has 2 fully saturated rings. The number of aryl methyl sites for hydroxylation is 1. The Kier molecular flexibility index (Phi) is 5.47. The van der Waals surface area contributed by atoms with Gasteiger partial charge in [0.2, 0.25) is 5.91 Å². The predicted octanol–water partition coefficient (Wildman–Crippen LogP) is 5.22. The highest BCUT2D eigenvalue weighted by Crippen LogP contribution is 2.50. The van der Waals surface area contributed by atoms with Gasteiger partial charge in [-0.15, -0.1) is 0 Å². The Balaban J connectivity index is 1.58. The molecule has 1 aromatic carbocycles. The van der Waals surface area contributed by atoms with Crippen molar-refractivity contribution >= 4 is 17.4 Å². The molecule has 3 aliphatic rings. The molecule has 1 saturated carbocycles. The maximum absolute atomic E-state index is 12.8. The third-order valence-corrected chi connectivity index (χ3v) is 7.34. The van der Waals surface area contributed by atoms with Gasteiger partial charge in [-0.3, -0.25) is 4.79 Å². The predicted molar refractivity (Wildman–Crippen MR) is 123 cm³/mol. The lowest BCUT2D eigenvalue weighted by molar-refractivity contribution is -0.117. The van der Waals surface area contributed by atoms with Gasteiger partial charge in [-0.2, -0.15) is 0 Å². The van der Waals surface area contributed by atoms with Gasteiger partial charge in [0.1, 0.15) is 5.82 Å². The van der Waals surface area contributed by atoms with Crippen LogP contribution in [0, 0.1) is 18.8 Å². The summed E-state index contributed by atoms with van der Waals surface area (Å²) in [5.74, 6) is 2.48. The molecule has 1 aromatic heterocycles. The van der Waals surface area contributed by atoms with E-state index in [0.29, 0.717) is 17.8 Å². The highest BCUT2D eigenvalue weighted by Gasteiger charge is 2.47. The molecule has 31 heavy (non-hydrogen) atoms. The van der Waals surface area contributed by atoms with Crippen molar-refractivity contribution in [2.75, 3.05) is 23.4 Å². The summed E-state index contributed by atoms with van der Waals surface area (Å²) in [7, 11) is 0. The summed E-state index contributed by atoms with van der Waals surface area (Å²) >= 11 is 0. The number of pyridine rings is 1. The first-order valence-corrected chi connectivity index (χ1v) is 11.7. The van der Waals surface area contributed by atoms with Crippen molar-refractivity contribution in [2.45, 2.75) is 64.5 Å². The zero-order chi connectivity index (χ0) is 21.5. The molecule has 0 radical (unpaired) electrons. The first-order chi connectivity index (χ1) is 15.0. The van der Waals surface area contributed by atoms with Crippen LogP contribution in [0.25, 0.3) is 0 Å². The molecule has 2 aromatic rings. The molecule has 0 bridgehead atoms. The van der Waals surface area contributed by atoms with Crippen LogP contribution in [0.1, 0.15) is 68.3 Å². The minimum atomic E-state index is 0.130. The monoisotopic (exact) mass is 419 g/mol. The standard InChI is InChI=1S/C26H33N3O2/c1-16-5-4-6-24(27-16)28-25-17(2)26(20-7-8-20)29(18(3)30)23-10-9-21(15-22(23)25)19-11-13-31-14-12-19/h4-6,9-10,15,17,19-20,25-26H,7-8,11-14H2,1-3H3,(H,27,28)/t17-,25?,26-/m1/s1. The van der Waals surface area contributed by atoms with Crippen LogP contribution in [-0.2, 0) is 9.53 Å². The van der Waals surface area contributed by atoms with Gasteiger partial charge in [0.05, 0.1) is 6.04 Å². The molecule has 1 amide bonds. The van der Waals surface area contributed by atoms with Crippen molar-refractivity contribution in [3.8, 4) is 0 Å². The number of hydrogen-bond donors (Lipinski definition) is 1. The first-order valence-electron chi connectivity index (χ1n) is 11.7. The van der Waals surface area contributed by atoms with Crippen molar-refractivity contribution in [3.63, 3.8) is 0 Å². The van der Waals surface area contributed by atoms with E-state index in [2.05, 4.69) is 41.4 Å². The summed E-state index contributed by atoms with van der Waals surface area (Å²) in [5, 5.41) is 3.76. The van der Waals surface area contributed by atoms with E-state index in [1.165, 1.54) is 24.0 Å². The van der Waals surface area contributed by atoms with E-state index >= 15 is 0 Å². The fourth-order valence-electron chi connectivity index (χ4n) is 5.65. The Morgan fingerprint density at radius 1 is 1.13 bits per heavy atom. The smallest absolute Gasteiger partial charge is 0.224 e.